The number of methoxy groups -OCH3 is 1. The van der Waals surface area contributed by atoms with Crippen LogP contribution in [-0.4, -0.2) is 21.5 Å². The van der Waals surface area contributed by atoms with Gasteiger partial charge in [0.15, 0.2) is 9.84 Å². The van der Waals surface area contributed by atoms with E-state index >= 15 is 0 Å². The van der Waals surface area contributed by atoms with Gasteiger partial charge in [-0.3, -0.25) is 4.79 Å². The third kappa shape index (κ3) is 4.32. The lowest BCUT2D eigenvalue weighted by molar-refractivity contribution is -0.139. The Balaban J connectivity index is 2.13. The van der Waals surface area contributed by atoms with Crippen LogP contribution in [0.3, 0.4) is 0 Å². The number of esters is 1. The highest BCUT2D eigenvalue weighted by molar-refractivity contribution is 7.90. The molecular weight excluding hydrogens is 324 g/mol. The Bertz CT molecular complexity index is 750. The molecule has 0 amide bonds. The molecule has 0 radical (unpaired) electrons. The molecule has 116 valence electrons. The highest BCUT2D eigenvalue weighted by atomic mass is 35.5. The number of hydrogen-bond acceptors (Lipinski definition) is 4. The lowest BCUT2D eigenvalue weighted by Gasteiger charge is -2.06. The van der Waals surface area contributed by atoms with E-state index in [0.29, 0.717) is 10.6 Å². The molecule has 4 nitrogen and oxygen atoms in total. The number of sulfone groups is 1. The Kier molecular flexibility index (Phi) is 5.21. The zero-order valence-electron chi connectivity index (χ0n) is 12.0. The zero-order chi connectivity index (χ0) is 16.2. The topological polar surface area (TPSA) is 60.4 Å². The van der Waals surface area contributed by atoms with E-state index in [-0.39, 0.29) is 23.0 Å². The molecule has 2 aromatic carbocycles. The first-order chi connectivity index (χ1) is 10.4. The molecule has 0 saturated heterocycles. The summed E-state index contributed by atoms with van der Waals surface area (Å²) in [5, 5.41) is 0.492. The molecule has 0 spiro atoms. The van der Waals surface area contributed by atoms with E-state index in [1.165, 1.54) is 19.2 Å². The van der Waals surface area contributed by atoms with Crippen molar-refractivity contribution in [1.82, 2.24) is 0 Å². The summed E-state index contributed by atoms with van der Waals surface area (Å²) in [6.45, 7) is 0. The lowest BCUT2D eigenvalue weighted by atomic mass is 10.1. The van der Waals surface area contributed by atoms with Crippen LogP contribution in [0.4, 0.5) is 0 Å². The van der Waals surface area contributed by atoms with Gasteiger partial charge in [-0.05, 0) is 35.4 Å². The number of carbonyl (C=O) groups is 1. The molecule has 0 aromatic heterocycles. The third-order valence-electron chi connectivity index (χ3n) is 3.13. The Morgan fingerprint density at radius 3 is 2.09 bits per heavy atom. The monoisotopic (exact) mass is 338 g/mol. The summed E-state index contributed by atoms with van der Waals surface area (Å²) in [4.78, 5) is 11.4. The van der Waals surface area contributed by atoms with Gasteiger partial charge in [-0.25, -0.2) is 8.42 Å². The zero-order valence-corrected chi connectivity index (χ0v) is 13.5. The van der Waals surface area contributed by atoms with Gasteiger partial charge in [0.2, 0.25) is 0 Å². The molecule has 22 heavy (non-hydrogen) atoms. The minimum absolute atomic E-state index is 0.104. The molecule has 0 aliphatic heterocycles. The summed E-state index contributed by atoms with van der Waals surface area (Å²) in [5.74, 6) is -0.436. The molecule has 0 saturated carbocycles. The number of halogens is 1. The highest BCUT2D eigenvalue weighted by Crippen LogP contribution is 2.19. The second-order valence-corrected chi connectivity index (χ2v) is 7.21. The van der Waals surface area contributed by atoms with Crippen LogP contribution >= 0.6 is 11.6 Å². The molecule has 0 unspecified atom stereocenters. The van der Waals surface area contributed by atoms with Crippen molar-refractivity contribution in [2.45, 2.75) is 17.1 Å². The van der Waals surface area contributed by atoms with Crippen molar-refractivity contribution in [3.05, 3.63) is 64.7 Å². The molecule has 0 aliphatic carbocycles. The summed E-state index contributed by atoms with van der Waals surface area (Å²) in [6.07, 6.45) is 0.167. The van der Waals surface area contributed by atoms with Gasteiger partial charge < -0.3 is 4.74 Å². The smallest absolute Gasteiger partial charge is 0.309 e. The SMILES string of the molecule is COC(=O)Cc1ccc(CS(=O)(=O)c2ccc(Cl)cc2)cc1. The van der Waals surface area contributed by atoms with Crippen LogP contribution in [0.5, 0.6) is 0 Å². The number of rotatable bonds is 5. The Morgan fingerprint density at radius 1 is 1.00 bits per heavy atom. The van der Waals surface area contributed by atoms with E-state index in [4.69, 9.17) is 11.6 Å². The van der Waals surface area contributed by atoms with Crippen LogP contribution in [0.25, 0.3) is 0 Å². The van der Waals surface area contributed by atoms with Crippen molar-refractivity contribution >= 4 is 27.4 Å². The standard InChI is InChI=1S/C16H15ClO4S/c1-21-16(18)10-12-2-4-13(5-3-12)11-22(19,20)15-8-6-14(17)7-9-15/h2-9H,10-11H2,1H3. The van der Waals surface area contributed by atoms with Crippen LogP contribution in [0.2, 0.25) is 5.02 Å². The van der Waals surface area contributed by atoms with Crippen LogP contribution < -0.4 is 0 Å². The second kappa shape index (κ2) is 6.94. The summed E-state index contributed by atoms with van der Waals surface area (Å²) < 4.78 is 29.2. The maximum Gasteiger partial charge on any atom is 0.309 e. The van der Waals surface area contributed by atoms with Gasteiger partial charge in [-0.15, -0.1) is 0 Å². The Hall–Kier alpha value is -1.85. The van der Waals surface area contributed by atoms with Crippen molar-refractivity contribution in [2.75, 3.05) is 7.11 Å². The van der Waals surface area contributed by atoms with Crippen molar-refractivity contribution in [3.8, 4) is 0 Å². The Labute approximate surface area is 134 Å². The average molecular weight is 339 g/mol. The van der Waals surface area contributed by atoms with Crippen molar-refractivity contribution in [2.24, 2.45) is 0 Å². The highest BCUT2D eigenvalue weighted by Gasteiger charge is 2.15. The first-order valence-electron chi connectivity index (χ1n) is 6.54. The predicted octanol–water partition coefficient (Wildman–Crippen LogP) is 3.03. The molecular formula is C16H15ClO4S. The van der Waals surface area contributed by atoms with Gasteiger partial charge in [0, 0.05) is 5.02 Å². The Morgan fingerprint density at radius 2 is 1.55 bits per heavy atom. The first-order valence-corrected chi connectivity index (χ1v) is 8.57. The third-order valence-corrected chi connectivity index (χ3v) is 5.08. The fourth-order valence-electron chi connectivity index (χ4n) is 1.94. The quantitative estimate of drug-likeness (QED) is 0.786. The fourth-order valence-corrected chi connectivity index (χ4v) is 3.41. The second-order valence-electron chi connectivity index (χ2n) is 4.78. The molecule has 0 N–H and O–H groups in total. The summed E-state index contributed by atoms with van der Waals surface area (Å²) in [5.41, 5.74) is 1.43. The van der Waals surface area contributed by atoms with Crippen molar-refractivity contribution < 1.29 is 17.9 Å². The molecule has 2 aromatic rings. The molecule has 2 rings (SSSR count). The van der Waals surface area contributed by atoms with E-state index < -0.39 is 9.84 Å². The van der Waals surface area contributed by atoms with E-state index in [2.05, 4.69) is 4.74 Å². The molecule has 0 fully saturated rings. The van der Waals surface area contributed by atoms with Crippen LogP contribution in [0.1, 0.15) is 11.1 Å². The van der Waals surface area contributed by atoms with Crippen LogP contribution in [-0.2, 0) is 31.5 Å². The molecule has 0 bridgehead atoms. The van der Waals surface area contributed by atoms with Crippen LogP contribution in [0, 0.1) is 0 Å². The maximum atomic E-state index is 12.3. The van der Waals surface area contributed by atoms with E-state index in [9.17, 15) is 13.2 Å². The van der Waals surface area contributed by atoms with Gasteiger partial charge in [0.05, 0.1) is 24.2 Å². The molecule has 6 heteroatoms. The van der Waals surface area contributed by atoms with E-state index in [0.717, 1.165) is 5.56 Å². The minimum atomic E-state index is -3.42. The molecule has 0 heterocycles. The van der Waals surface area contributed by atoms with Gasteiger partial charge in [0.25, 0.3) is 0 Å². The van der Waals surface area contributed by atoms with E-state index in [1.54, 1.807) is 36.4 Å². The van der Waals surface area contributed by atoms with Crippen molar-refractivity contribution in [3.63, 3.8) is 0 Å². The van der Waals surface area contributed by atoms with E-state index in [1.807, 2.05) is 0 Å². The van der Waals surface area contributed by atoms with Crippen molar-refractivity contribution in [1.29, 1.82) is 0 Å². The normalized spacial score (nSPS) is 11.2. The number of hydrogen-bond donors (Lipinski definition) is 0. The van der Waals surface area contributed by atoms with Gasteiger partial charge >= 0.3 is 5.97 Å². The summed E-state index contributed by atoms with van der Waals surface area (Å²) in [6, 6.07) is 12.9. The number of carbonyl (C=O) groups excluding carboxylic acids is 1. The maximum absolute atomic E-state index is 12.3. The fraction of sp³-hybridized carbons (Fsp3) is 0.188. The first kappa shape index (κ1) is 16.5. The van der Waals surface area contributed by atoms with Gasteiger partial charge in [-0.2, -0.15) is 0 Å². The van der Waals surface area contributed by atoms with Gasteiger partial charge in [-0.1, -0.05) is 35.9 Å². The summed E-state index contributed by atoms with van der Waals surface area (Å²) >= 11 is 5.76. The summed E-state index contributed by atoms with van der Waals surface area (Å²) in [7, 11) is -2.09. The number of ether oxygens (including phenoxy) is 1. The average Bonchev–Trinajstić information content (AvgIpc) is 2.49. The lowest BCUT2D eigenvalue weighted by Crippen LogP contribution is -2.06. The largest absolute Gasteiger partial charge is 0.469 e. The molecule has 0 atom stereocenters. The predicted molar refractivity (Wildman–Crippen MR) is 84.5 cm³/mol. The van der Waals surface area contributed by atoms with Crippen LogP contribution in [0.15, 0.2) is 53.4 Å². The minimum Gasteiger partial charge on any atom is -0.469 e. The molecule has 0 aliphatic rings. The van der Waals surface area contributed by atoms with Gasteiger partial charge in [0.1, 0.15) is 0 Å². The number of benzene rings is 2.